The lowest BCUT2D eigenvalue weighted by Gasteiger charge is -2.28. The van der Waals surface area contributed by atoms with Crippen LogP contribution in [0.15, 0.2) is 29.6 Å². The number of aliphatic carboxylic acids is 1. The molecule has 0 saturated carbocycles. The van der Waals surface area contributed by atoms with Crippen molar-refractivity contribution in [1.82, 2.24) is 9.80 Å². The summed E-state index contributed by atoms with van der Waals surface area (Å²) in [6.07, 6.45) is 2.06. The molecular weight excluding hydrogens is 352 g/mol. The molecule has 1 aromatic carbocycles. The highest BCUT2D eigenvalue weighted by Crippen LogP contribution is 2.28. The second-order valence-corrected chi connectivity index (χ2v) is 7.47. The summed E-state index contributed by atoms with van der Waals surface area (Å²) in [5.41, 5.74) is 0.720. The first-order valence-corrected chi connectivity index (χ1v) is 9.60. The zero-order valence-corrected chi connectivity index (χ0v) is 15.5. The standard InChI is InChI=1S/C19H22N2O4S/c1-13(22)21(11-18(23)24)14-5-4-9-20(10-8-14)19(25)16-12-26-17-7-3-2-6-15(16)17/h2-3,6-7,12,14H,4-5,8-11H2,1H3,(H,23,24). The van der Waals surface area contributed by atoms with Gasteiger partial charge in [0.2, 0.25) is 5.91 Å². The SMILES string of the molecule is CC(=O)N(CC(=O)O)C1CCCN(C(=O)c2csc3ccccc23)CC1. The zero-order valence-electron chi connectivity index (χ0n) is 14.7. The predicted molar refractivity (Wildman–Crippen MR) is 100 cm³/mol. The van der Waals surface area contributed by atoms with Gasteiger partial charge in [0.25, 0.3) is 5.91 Å². The summed E-state index contributed by atoms with van der Waals surface area (Å²) in [5, 5.41) is 11.9. The number of likely N-dealkylation sites (tertiary alicyclic amines) is 1. The monoisotopic (exact) mass is 374 g/mol. The van der Waals surface area contributed by atoms with Gasteiger partial charge in [-0.15, -0.1) is 11.3 Å². The number of hydrogen-bond donors (Lipinski definition) is 1. The molecule has 1 unspecified atom stereocenters. The van der Waals surface area contributed by atoms with Gasteiger partial charge in [0, 0.05) is 41.5 Å². The third kappa shape index (κ3) is 3.88. The van der Waals surface area contributed by atoms with Crippen LogP contribution in [0.1, 0.15) is 36.5 Å². The molecule has 1 N–H and O–H groups in total. The lowest BCUT2D eigenvalue weighted by atomic mass is 10.1. The molecule has 0 radical (unpaired) electrons. The molecule has 1 aromatic heterocycles. The Morgan fingerprint density at radius 1 is 1.23 bits per heavy atom. The number of thiophene rings is 1. The molecule has 138 valence electrons. The first-order chi connectivity index (χ1) is 12.5. The molecule has 0 bridgehead atoms. The van der Waals surface area contributed by atoms with Gasteiger partial charge >= 0.3 is 5.97 Å². The van der Waals surface area contributed by atoms with E-state index in [2.05, 4.69) is 0 Å². The van der Waals surface area contributed by atoms with Gasteiger partial charge in [0.1, 0.15) is 6.54 Å². The number of carbonyl (C=O) groups is 3. The number of rotatable bonds is 4. The van der Waals surface area contributed by atoms with Gasteiger partial charge in [0.05, 0.1) is 5.56 Å². The number of hydrogen-bond acceptors (Lipinski definition) is 4. The minimum absolute atomic E-state index is 0.00992. The molecular formula is C19H22N2O4S. The summed E-state index contributed by atoms with van der Waals surface area (Å²) in [6, 6.07) is 7.72. The average molecular weight is 374 g/mol. The summed E-state index contributed by atoms with van der Waals surface area (Å²) in [5.74, 6) is -1.24. The third-order valence-corrected chi connectivity index (χ3v) is 5.81. The quantitative estimate of drug-likeness (QED) is 0.893. The fourth-order valence-electron chi connectivity index (χ4n) is 3.55. The van der Waals surface area contributed by atoms with E-state index in [1.54, 1.807) is 11.3 Å². The molecule has 1 saturated heterocycles. The van der Waals surface area contributed by atoms with Crippen LogP contribution in [0.3, 0.4) is 0 Å². The highest BCUT2D eigenvalue weighted by atomic mass is 32.1. The van der Waals surface area contributed by atoms with Crippen LogP contribution in [-0.2, 0) is 9.59 Å². The summed E-state index contributed by atoms with van der Waals surface area (Å²) in [6.45, 7) is 2.26. The number of carboxylic acids is 1. The van der Waals surface area contributed by atoms with E-state index in [0.717, 1.165) is 22.1 Å². The molecule has 0 spiro atoms. The second kappa shape index (κ2) is 7.86. The topological polar surface area (TPSA) is 77.9 Å². The van der Waals surface area contributed by atoms with Crippen molar-refractivity contribution in [3.05, 3.63) is 35.2 Å². The largest absolute Gasteiger partial charge is 0.480 e. The second-order valence-electron chi connectivity index (χ2n) is 6.56. The van der Waals surface area contributed by atoms with E-state index in [-0.39, 0.29) is 24.4 Å². The van der Waals surface area contributed by atoms with Crippen LogP contribution in [0.2, 0.25) is 0 Å². The molecule has 1 aliphatic heterocycles. The van der Waals surface area contributed by atoms with E-state index < -0.39 is 5.97 Å². The molecule has 3 rings (SSSR count). The van der Waals surface area contributed by atoms with Crippen molar-refractivity contribution in [3.8, 4) is 0 Å². The summed E-state index contributed by atoms with van der Waals surface area (Å²) in [7, 11) is 0. The van der Waals surface area contributed by atoms with Crippen LogP contribution in [0.5, 0.6) is 0 Å². The average Bonchev–Trinajstić information content (AvgIpc) is 2.88. The Labute approximate surface area is 156 Å². The van der Waals surface area contributed by atoms with E-state index in [1.165, 1.54) is 11.8 Å². The molecule has 1 atom stereocenters. The highest BCUT2D eigenvalue weighted by Gasteiger charge is 2.28. The van der Waals surface area contributed by atoms with Gasteiger partial charge in [-0.25, -0.2) is 0 Å². The van der Waals surface area contributed by atoms with Crippen molar-refractivity contribution in [2.24, 2.45) is 0 Å². The fourth-order valence-corrected chi connectivity index (χ4v) is 4.49. The Morgan fingerprint density at radius 2 is 2.00 bits per heavy atom. The van der Waals surface area contributed by atoms with E-state index in [0.29, 0.717) is 25.9 Å². The lowest BCUT2D eigenvalue weighted by molar-refractivity contribution is -0.145. The van der Waals surface area contributed by atoms with Gasteiger partial charge in [0.15, 0.2) is 0 Å². The third-order valence-electron chi connectivity index (χ3n) is 4.85. The van der Waals surface area contributed by atoms with Gasteiger partial charge in [-0.05, 0) is 25.3 Å². The van der Waals surface area contributed by atoms with Crippen LogP contribution in [-0.4, -0.2) is 58.4 Å². The number of fused-ring (bicyclic) bond motifs is 1. The van der Waals surface area contributed by atoms with Gasteiger partial charge in [-0.3, -0.25) is 14.4 Å². The van der Waals surface area contributed by atoms with Crippen LogP contribution in [0.4, 0.5) is 0 Å². The number of benzene rings is 1. The number of carboxylic acid groups (broad SMARTS) is 1. The van der Waals surface area contributed by atoms with Crippen LogP contribution < -0.4 is 0 Å². The summed E-state index contributed by atoms with van der Waals surface area (Å²) >= 11 is 1.56. The van der Waals surface area contributed by atoms with Crippen LogP contribution in [0.25, 0.3) is 10.1 Å². The molecule has 6 nitrogen and oxygen atoms in total. The minimum atomic E-state index is -1.01. The smallest absolute Gasteiger partial charge is 0.323 e. The Bertz CT molecular complexity index is 832. The Morgan fingerprint density at radius 3 is 2.73 bits per heavy atom. The van der Waals surface area contributed by atoms with Crippen molar-refractivity contribution < 1.29 is 19.5 Å². The molecule has 2 aromatic rings. The normalized spacial score (nSPS) is 17.7. The number of nitrogens with zero attached hydrogens (tertiary/aromatic N) is 2. The maximum Gasteiger partial charge on any atom is 0.323 e. The van der Waals surface area contributed by atoms with Gasteiger partial charge in [-0.2, -0.15) is 0 Å². The van der Waals surface area contributed by atoms with E-state index in [1.807, 2.05) is 34.5 Å². The molecule has 7 heteroatoms. The molecule has 1 fully saturated rings. The maximum absolute atomic E-state index is 13.0. The first-order valence-electron chi connectivity index (χ1n) is 8.72. The van der Waals surface area contributed by atoms with Gasteiger partial charge < -0.3 is 14.9 Å². The van der Waals surface area contributed by atoms with E-state index in [4.69, 9.17) is 5.11 Å². The maximum atomic E-state index is 13.0. The number of carbonyl (C=O) groups excluding carboxylic acids is 2. The summed E-state index contributed by atoms with van der Waals surface area (Å²) in [4.78, 5) is 39.1. The van der Waals surface area contributed by atoms with E-state index in [9.17, 15) is 14.4 Å². The van der Waals surface area contributed by atoms with Crippen molar-refractivity contribution >= 4 is 39.2 Å². The van der Waals surface area contributed by atoms with Crippen molar-refractivity contribution in [1.29, 1.82) is 0 Å². The van der Waals surface area contributed by atoms with Gasteiger partial charge in [-0.1, -0.05) is 18.2 Å². The molecule has 0 aliphatic carbocycles. The summed E-state index contributed by atoms with van der Waals surface area (Å²) < 4.78 is 1.09. The molecule has 1 aliphatic rings. The van der Waals surface area contributed by atoms with Crippen molar-refractivity contribution in [2.75, 3.05) is 19.6 Å². The Balaban J connectivity index is 1.73. The predicted octanol–water partition coefficient (Wildman–Crippen LogP) is 2.83. The molecule has 2 heterocycles. The Hall–Kier alpha value is -2.41. The molecule has 26 heavy (non-hydrogen) atoms. The van der Waals surface area contributed by atoms with Crippen molar-refractivity contribution in [2.45, 2.75) is 32.2 Å². The number of amides is 2. The van der Waals surface area contributed by atoms with Crippen LogP contribution >= 0.6 is 11.3 Å². The highest BCUT2D eigenvalue weighted by molar-refractivity contribution is 7.17. The Kier molecular flexibility index (Phi) is 5.56. The fraction of sp³-hybridized carbons (Fsp3) is 0.421. The first kappa shape index (κ1) is 18.4. The lowest BCUT2D eigenvalue weighted by Crippen LogP contribution is -2.43. The van der Waals surface area contributed by atoms with Crippen molar-refractivity contribution in [3.63, 3.8) is 0 Å². The van der Waals surface area contributed by atoms with E-state index >= 15 is 0 Å². The zero-order chi connectivity index (χ0) is 18.7. The minimum Gasteiger partial charge on any atom is -0.480 e. The van der Waals surface area contributed by atoms with Crippen LogP contribution in [0, 0.1) is 0 Å². The molecule has 2 amide bonds.